The van der Waals surface area contributed by atoms with E-state index in [2.05, 4.69) is 53.7 Å². The van der Waals surface area contributed by atoms with E-state index in [9.17, 15) is 5.11 Å². The molecule has 0 aliphatic carbocycles. The number of aromatic hydroxyl groups is 1. The highest BCUT2D eigenvalue weighted by atomic mass is 32.1. The Morgan fingerprint density at radius 2 is 1.35 bits per heavy atom. The molecule has 20 heavy (non-hydrogen) atoms. The molecule has 0 saturated heterocycles. The summed E-state index contributed by atoms with van der Waals surface area (Å²) in [5.74, 6) is 1.30. The van der Waals surface area contributed by atoms with Crippen LogP contribution in [0.5, 0.6) is 5.75 Å². The third kappa shape index (κ3) is 4.44. The molecule has 0 saturated carbocycles. The van der Waals surface area contributed by atoms with Crippen LogP contribution in [-0.4, -0.2) is 10.9 Å². The minimum Gasteiger partial charge on any atom is -0.507 e. The van der Waals surface area contributed by atoms with E-state index >= 15 is 0 Å². The third-order valence-corrected chi connectivity index (χ3v) is 3.93. The van der Waals surface area contributed by atoms with Gasteiger partial charge in [-0.05, 0) is 46.8 Å². The molecule has 0 heterocycles. The van der Waals surface area contributed by atoms with E-state index < -0.39 is 0 Å². The molecule has 0 unspecified atom stereocenters. The van der Waals surface area contributed by atoms with Crippen molar-refractivity contribution in [2.24, 2.45) is 0 Å². The van der Waals surface area contributed by atoms with Crippen LogP contribution in [0.1, 0.15) is 71.1 Å². The molecular formula is C18H29OS. The molecule has 0 fully saturated rings. The molecule has 1 radical (unpaired) electrons. The van der Waals surface area contributed by atoms with Crippen LogP contribution in [0.3, 0.4) is 0 Å². The predicted molar refractivity (Wildman–Crippen MR) is 90.9 cm³/mol. The maximum atomic E-state index is 10.6. The molecule has 0 aliphatic heterocycles. The summed E-state index contributed by atoms with van der Waals surface area (Å²) in [5, 5.41) is 10.6. The molecule has 1 aromatic rings. The number of aryl methyl sites for hydroxylation is 1. The number of unbranched alkanes of at least 4 members (excludes halogenated alkanes) is 1. The van der Waals surface area contributed by atoms with Gasteiger partial charge in [-0.2, -0.15) is 0 Å². The molecule has 0 atom stereocenters. The highest BCUT2D eigenvalue weighted by Crippen LogP contribution is 2.39. The molecular weight excluding hydrogens is 264 g/mol. The molecule has 0 bridgehead atoms. The van der Waals surface area contributed by atoms with E-state index in [-0.39, 0.29) is 10.8 Å². The van der Waals surface area contributed by atoms with Crippen LogP contribution >= 0.6 is 12.6 Å². The van der Waals surface area contributed by atoms with Crippen LogP contribution < -0.4 is 0 Å². The van der Waals surface area contributed by atoms with Crippen molar-refractivity contribution in [1.29, 1.82) is 0 Å². The Labute approximate surface area is 130 Å². The van der Waals surface area contributed by atoms with Crippen LogP contribution in [0.15, 0.2) is 12.1 Å². The molecule has 0 aromatic heterocycles. The van der Waals surface area contributed by atoms with Gasteiger partial charge in [-0.1, -0.05) is 66.3 Å². The van der Waals surface area contributed by atoms with Crippen LogP contribution in [0.4, 0.5) is 0 Å². The van der Waals surface area contributed by atoms with Crippen LogP contribution in [-0.2, 0) is 17.3 Å². The molecule has 1 N–H and O–H groups in total. The predicted octanol–water partition coefficient (Wildman–Crippen LogP) is 5.51. The lowest BCUT2D eigenvalue weighted by Crippen LogP contribution is -2.18. The minimum absolute atomic E-state index is 0.0435. The lowest BCUT2D eigenvalue weighted by atomic mass is 9.78. The van der Waals surface area contributed by atoms with Gasteiger partial charge in [0.05, 0.1) is 0 Å². The summed E-state index contributed by atoms with van der Waals surface area (Å²) < 4.78 is 0. The van der Waals surface area contributed by atoms with Gasteiger partial charge in [-0.15, -0.1) is 0 Å². The Hall–Kier alpha value is -0.630. The fourth-order valence-corrected chi connectivity index (χ4v) is 2.62. The normalized spacial score (nSPS) is 12.8. The zero-order chi connectivity index (χ0) is 15.6. The largest absolute Gasteiger partial charge is 0.507 e. The average molecular weight is 293 g/mol. The number of phenolic OH excluding ortho intramolecular Hbond substituents is 1. The average Bonchev–Trinajstić information content (AvgIpc) is 2.28. The molecule has 2 heteroatoms. The van der Waals surface area contributed by atoms with E-state index in [1.165, 1.54) is 5.56 Å². The van der Waals surface area contributed by atoms with Crippen LogP contribution in [0.25, 0.3) is 0 Å². The second kappa shape index (κ2) is 6.43. The van der Waals surface area contributed by atoms with Crippen molar-refractivity contribution < 1.29 is 5.11 Å². The quantitative estimate of drug-likeness (QED) is 0.726. The zero-order valence-electron chi connectivity index (χ0n) is 13.8. The van der Waals surface area contributed by atoms with Crippen molar-refractivity contribution >= 4 is 12.6 Å². The number of benzene rings is 1. The van der Waals surface area contributed by atoms with Crippen molar-refractivity contribution in [3.63, 3.8) is 0 Å². The van der Waals surface area contributed by atoms with Gasteiger partial charge in [0, 0.05) is 5.75 Å². The highest BCUT2D eigenvalue weighted by Gasteiger charge is 2.26. The fourth-order valence-electron chi connectivity index (χ4n) is 2.41. The highest BCUT2D eigenvalue weighted by molar-refractivity contribution is 7.80. The van der Waals surface area contributed by atoms with E-state index in [1.54, 1.807) is 0 Å². The SMILES string of the molecule is CC(C)(C)c1cc(CCCC[S])cc(C(C)(C)C)c1O. The molecule has 0 amide bonds. The Kier molecular flexibility index (Phi) is 5.60. The molecule has 0 spiro atoms. The van der Waals surface area contributed by atoms with Crippen molar-refractivity contribution in [3.8, 4) is 5.75 Å². The van der Waals surface area contributed by atoms with Crippen LogP contribution in [0.2, 0.25) is 0 Å². The lowest BCUT2D eigenvalue weighted by molar-refractivity contribution is 0.422. The minimum atomic E-state index is -0.0435. The summed E-state index contributed by atoms with van der Waals surface area (Å²) in [5.41, 5.74) is 3.34. The summed E-state index contributed by atoms with van der Waals surface area (Å²) in [7, 11) is 0. The Bertz CT molecular complexity index is 414. The van der Waals surface area contributed by atoms with Crippen molar-refractivity contribution in [2.45, 2.75) is 71.6 Å². The van der Waals surface area contributed by atoms with E-state index in [0.29, 0.717) is 5.75 Å². The van der Waals surface area contributed by atoms with Gasteiger partial charge in [-0.25, -0.2) is 0 Å². The zero-order valence-corrected chi connectivity index (χ0v) is 14.7. The molecule has 1 rings (SSSR count). The first-order valence-corrected chi connectivity index (χ1v) is 8.10. The lowest BCUT2D eigenvalue weighted by Gasteiger charge is -2.28. The summed E-state index contributed by atoms with van der Waals surface area (Å²) in [6.07, 6.45) is 3.26. The molecule has 1 nitrogen and oxygen atoms in total. The number of phenols is 1. The van der Waals surface area contributed by atoms with Crippen molar-refractivity contribution in [2.75, 3.05) is 5.75 Å². The monoisotopic (exact) mass is 293 g/mol. The second-order valence-corrected chi connectivity index (χ2v) is 8.11. The number of hydrogen-bond donors (Lipinski definition) is 1. The summed E-state index contributed by atoms with van der Waals surface area (Å²) in [4.78, 5) is 0. The van der Waals surface area contributed by atoms with Gasteiger partial charge in [0.1, 0.15) is 5.75 Å². The molecule has 1 aromatic carbocycles. The first kappa shape index (κ1) is 17.4. The fraction of sp³-hybridized carbons (Fsp3) is 0.667. The summed E-state index contributed by atoms with van der Waals surface area (Å²) in [6.45, 7) is 12.9. The summed E-state index contributed by atoms with van der Waals surface area (Å²) in [6, 6.07) is 4.35. The first-order chi connectivity index (χ1) is 9.07. The number of rotatable bonds is 4. The van der Waals surface area contributed by atoms with E-state index in [1.807, 2.05) is 0 Å². The molecule has 113 valence electrons. The Morgan fingerprint density at radius 3 is 1.70 bits per heavy atom. The Morgan fingerprint density at radius 1 is 0.900 bits per heavy atom. The van der Waals surface area contributed by atoms with Gasteiger partial charge >= 0.3 is 0 Å². The molecule has 0 aliphatic rings. The maximum absolute atomic E-state index is 10.6. The topological polar surface area (TPSA) is 20.2 Å². The van der Waals surface area contributed by atoms with E-state index in [0.717, 1.165) is 36.1 Å². The van der Waals surface area contributed by atoms with Gasteiger partial charge in [0.25, 0.3) is 0 Å². The van der Waals surface area contributed by atoms with Gasteiger partial charge in [0.15, 0.2) is 0 Å². The first-order valence-electron chi connectivity index (χ1n) is 7.52. The van der Waals surface area contributed by atoms with Crippen molar-refractivity contribution in [3.05, 3.63) is 28.8 Å². The standard InChI is InChI=1S/C18H29OS/c1-17(2,3)14-11-13(9-7-8-10-20)12-15(16(14)19)18(4,5)6/h11-12,19H,7-10H2,1-6H3. The van der Waals surface area contributed by atoms with Crippen molar-refractivity contribution in [1.82, 2.24) is 0 Å². The van der Waals surface area contributed by atoms with Gasteiger partial charge < -0.3 is 5.11 Å². The van der Waals surface area contributed by atoms with Crippen LogP contribution in [0, 0.1) is 0 Å². The Balaban J connectivity index is 3.28. The van der Waals surface area contributed by atoms with E-state index in [4.69, 9.17) is 12.6 Å². The number of hydrogen-bond acceptors (Lipinski definition) is 1. The third-order valence-electron chi connectivity index (χ3n) is 3.65. The van der Waals surface area contributed by atoms with Gasteiger partial charge in [-0.3, -0.25) is 0 Å². The second-order valence-electron chi connectivity index (χ2n) is 7.70. The smallest absolute Gasteiger partial charge is 0.123 e. The maximum Gasteiger partial charge on any atom is 0.123 e. The van der Waals surface area contributed by atoms with Gasteiger partial charge in [0.2, 0.25) is 0 Å². The summed E-state index contributed by atoms with van der Waals surface area (Å²) >= 11 is 5.02.